The van der Waals surface area contributed by atoms with Gasteiger partial charge in [0, 0.05) is 27.7 Å². The van der Waals surface area contributed by atoms with E-state index in [0.717, 1.165) is 27.7 Å². The Labute approximate surface area is 256 Å². The Kier molecular flexibility index (Phi) is 14.4. The van der Waals surface area contributed by atoms with E-state index in [1.54, 1.807) is 41.5 Å². The molecule has 1 rings (SSSR count). The molecule has 1 fully saturated rings. The van der Waals surface area contributed by atoms with Gasteiger partial charge in [0.25, 0.3) is 0 Å². The van der Waals surface area contributed by atoms with Crippen molar-refractivity contribution in [1.82, 2.24) is 5.32 Å². The predicted octanol–water partition coefficient (Wildman–Crippen LogP) is 2.00. The standard InChI is InChI=1S/C27H44NO15P/c1-15(29)28-21-20(43-19(11-36-16(2)30)22(41-17(3)31)23(21)42-18(4)32)12-44(35,39-13-37-24(33)26(5,6)7)40-14-38-25(34)27(8,9)10/h19-23H,11-14H2,1-10H3,(H,28,29). The smallest absolute Gasteiger partial charge is 0.339 e. The number of hydrogen-bond donors (Lipinski definition) is 1. The summed E-state index contributed by atoms with van der Waals surface area (Å²) >= 11 is 0. The second-order valence-corrected chi connectivity index (χ2v) is 14.1. The Balaban J connectivity index is 3.51. The molecule has 17 heteroatoms. The molecule has 1 aliphatic heterocycles. The molecular formula is C27H44NO15P. The molecule has 0 aromatic rings. The molecule has 0 saturated carbocycles. The minimum atomic E-state index is -4.44. The minimum Gasteiger partial charge on any atom is -0.463 e. The maximum absolute atomic E-state index is 14.0. The largest absolute Gasteiger partial charge is 0.463 e. The van der Waals surface area contributed by atoms with Gasteiger partial charge in [0.2, 0.25) is 19.5 Å². The lowest BCUT2D eigenvalue weighted by Crippen LogP contribution is -2.66. The van der Waals surface area contributed by atoms with E-state index in [4.69, 9.17) is 37.5 Å². The summed E-state index contributed by atoms with van der Waals surface area (Å²) in [4.78, 5) is 72.4. The lowest BCUT2D eigenvalue weighted by molar-refractivity contribution is -0.221. The molecule has 0 spiro atoms. The van der Waals surface area contributed by atoms with E-state index in [1.165, 1.54) is 0 Å². The molecule has 1 saturated heterocycles. The van der Waals surface area contributed by atoms with Crippen molar-refractivity contribution in [2.75, 3.05) is 26.4 Å². The van der Waals surface area contributed by atoms with Gasteiger partial charge in [-0.05, 0) is 41.5 Å². The van der Waals surface area contributed by atoms with Gasteiger partial charge in [0.1, 0.15) is 12.7 Å². The number of esters is 5. The highest BCUT2D eigenvalue weighted by atomic mass is 31.2. The molecule has 0 bridgehead atoms. The van der Waals surface area contributed by atoms with Crippen LogP contribution in [0.15, 0.2) is 0 Å². The molecule has 1 amide bonds. The van der Waals surface area contributed by atoms with Crippen molar-refractivity contribution in [2.45, 2.75) is 99.7 Å². The summed E-state index contributed by atoms with van der Waals surface area (Å²) in [5, 5.41) is 2.54. The topological polar surface area (TPSA) is 205 Å². The van der Waals surface area contributed by atoms with E-state index in [2.05, 4.69) is 5.32 Å². The van der Waals surface area contributed by atoms with Gasteiger partial charge in [-0.1, -0.05) is 0 Å². The molecule has 16 nitrogen and oxygen atoms in total. The summed E-state index contributed by atoms with van der Waals surface area (Å²) in [6.07, 6.45) is -6.17. The Morgan fingerprint density at radius 2 is 1.14 bits per heavy atom. The van der Waals surface area contributed by atoms with Crippen molar-refractivity contribution in [3.05, 3.63) is 0 Å². The zero-order chi connectivity index (χ0) is 34.0. The summed E-state index contributed by atoms with van der Waals surface area (Å²) in [7, 11) is -4.44. The van der Waals surface area contributed by atoms with Crippen molar-refractivity contribution in [2.24, 2.45) is 10.8 Å². The van der Waals surface area contributed by atoms with Crippen molar-refractivity contribution in [3.63, 3.8) is 0 Å². The summed E-state index contributed by atoms with van der Waals surface area (Å²) < 4.78 is 56.8. The third-order valence-electron chi connectivity index (χ3n) is 5.73. The summed E-state index contributed by atoms with van der Waals surface area (Å²) in [5.74, 6) is -4.34. The Hall–Kier alpha value is -3.07. The van der Waals surface area contributed by atoms with Crippen LogP contribution in [0, 0.1) is 10.8 Å². The van der Waals surface area contributed by atoms with Crippen LogP contribution in [0.3, 0.4) is 0 Å². The Morgan fingerprint density at radius 3 is 1.52 bits per heavy atom. The van der Waals surface area contributed by atoms with E-state index >= 15 is 0 Å². The number of hydrogen-bond acceptors (Lipinski definition) is 15. The van der Waals surface area contributed by atoms with E-state index in [1.807, 2.05) is 0 Å². The fraction of sp³-hybridized carbons (Fsp3) is 0.778. The first-order chi connectivity index (χ1) is 20.1. The van der Waals surface area contributed by atoms with Crippen LogP contribution < -0.4 is 5.32 Å². The van der Waals surface area contributed by atoms with Gasteiger partial charge >= 0.3 is 37.4 Å². The van der Waals surface area contributed by atoms with E-state index in [9.17, 15) is 33.3 Å². The van der Waals surface area contributed by atoms with Crippen molar-refractivity contribution < 1.29 is 70.8 Å². The Morgan fingerprint density at radius 1 is 0.682 bits per heavy atom. The molecule has 0 aliphatic carbocycles. The Bertz CT molecular complexity index is 1070. The number of rotatable bonds is 13. The lowest BCUT2D eigenvalue weighted by atomic mass is 9.92. The highest BCUT2D eigenvalue weighted by Gasteiger charge is 2.52. The fourth-order valence-corrected chi connectivity index (χ4v) is 5.16. The van der Waals surface area contributed by atoms with Crippen LogP contribution in [0.4, 0.5) is 0 Å². The number of carbonyl (C=O) groups excluding carboxylic acids is 6. The molecule has 1 N–H and O–H groups in total. The minimum absolute atomic E-state index is 0.493. The molecule has 1 heterocycles. The molecule has 5 unspecified atom stereocenters. The summed E-state index contributed by atoms with van der Waals surface area (Å²) in [6.45, 7) is 11.8. The fourth-order valence-electron chi connectivity index (χ4n) is 3.70. The van der Waals surface area contributed by atoms with E-state index < -0.39 is 111 Å². The number of carbonyl (C=O) groups is 6. The zero-order valence-electron chi connectivity index (χ0n) is 26.8. The van der Waals surface area contributed by atoms with Crippen molar-refractivity contribution in [3.8, 4) is 0 Å². The second kappa shape index (κ2) is 16.3. The molecular weight excluding hydrogens is 609 g/mol. The van der Waals surface area contributed by atoms with E-state index in [-0.39, 0.29) is 0 Å². The first kappa shape index (κ1) is 39.0. The maximum Gasteiger partial charge on any atom is 0.339 e. The maximum atomic E-state index is 14.0. The molecule has 44 heavy (non-hydrogen) atoms. The number of amides is 1. The van der Waals surface area contributed by atoms with Gasteiger partial charge in [0.05, 0.1) is 29.1 Å². The lowest BCUT2D eigenvalue weighted by Gasteiger charge is -2.45. The van der Waals surface area contributed by atoms with Gasteiger partial charge in [-0.3, -0.25) is 42.4 Å². The molecule has 0 aromatic heterocycles. The van der Waals surface area contributed by atoms with Crippen molar-refractivity contribution in [1.29, 1.82) is 0 Å². The first-order valence-electron chi connectivity index (χ1n) is 13.7. The highest BCUT2D eigenvalue weighted by Crippen LogP contribution is 2.50. The molecule has 0 radical (unpaired) electrons. The SMILES string of the molecule is CC(=O)NC1C(CP(=O)(OCOC(=O)C(C)(C)C)OCOC(=O)C(C)(C)C)OC(COC(C)=O)C(OC(C)=O)C1OC(C)=O. The third kappa shape index (κ3) is 13.3. The van der Waals surface area contributed by atoms with Crippen LogP contribution in [0.2, 0.25) is 0 Å². The van der Waals surface area contributed by atoms with Crippen LogP contribution in [-0.2, 0) is 70.8 Å². The second-order valence-electron chi connectivity index (χ2n) is 12.0. The predicted molar refractivity (Wildman–Crippen MR) is 149 cm³/mol. The quantitative estimate of drug-likeness (QED) is 0.131. The highest BCUT2D eigenvalue weighted by molar-refractivity contribution is 7.53. The monoisotopic (exact) mass is 653 g/mol. The average molecular weight is 654 g/mol. The molecule has 252 valence electrons. The van der Waals surface area contributed by atoms with Gasteiger partial charge < -0.3 is 33.7 Å². The van der Waals surface area contributed by atoms with Crippen LogP contribution in [0.25, 0.3) is 0 Å². The zero-order valence-corrected chi connectivity index (χ0v) is 27.7. The summed E-state index contributed by atoms with van der Waals surface area (Å²) in [5.41, 5.74) is -1.85. The molecule has 1 aliphatic rings. The van der Waals surface area contributed by atoms with Crippen LogP contribution in [0.1, 0.15) is 69.2 Å². The van der Waals surface area contributed by atoms with Crippen LogP contribution in [0.5, 0.6) is 0 Å². The van der Waals surface area contributed by atoms with Gasteiger partial charge in [-0.2, -0.15) is 0 Å². The number of ether oxygens (including phenoxy) is 6. The normalized spacial score (nSPS) is 22.3. The van der Waals surface area contributed by atoms with Crippen molar-refractivity contribution >= 4 is 43.3 Å². The first-order valence-corrected chi connectivity index (χ1v) is 15.4. The molecule has 0 aromatic carbocycles. The van der Waals surface area contributed by atoms with Gasteiger partial charge in [-0.25, -0.2) is 0 Å². The van der Waals surface area contributed by atoms with Crippen LogP contribution in [-0.4, -0.2) is 92.6 Å². The number of nitrogens with one attached hydrogen (secondary N) is 1. The van der Waals surface area contributed by atoms with Crippen LogP contribution >= 0.6 is 7.60 Å². The van der Waals surface area contributed by atoms with E-state index in [0.29, 0.717) is 0 Å². The summed E-state index contributed by atoms with van der Waals surface area (Å²) in [6, 6.07) is -1.32. The average Bonchev–Trinajstić information content (AvgIpc) is 2.84. The van der Waals surface area contributed by atoms with Gasteiger partial charge in [-0.15, -0.1) is 0 Å². The van der Waals surface area contributed by atoms with Gasteiger partial charge in [0.15, 0.2) is 12.2 Å². The molecule has 5 atom stereocenters. The third-order valence-corrected chi connectivity index (χ3v) is 7.53.